The maximum Gasteiger partial charge on any atom is 0.191 e. The number of guanidine groups is 1. The van der Waals surface area contributed by atoms with Crippen molar-refractivity contribution >= 4 is 35.8 Å². The van der Waals surface area contributed by atoms with E-state index in [1.54, 1.807) is 0 Å². The van der Waals surface area contributed by atoms with Gasteiger partial charge in [-0.2, -0.15) is 0 Å². The zero-order valence-electron chi connectivity index (χ0n) is 13.8. The van der Waals surface area contributed by atoms with Crippen molar-refractivity contribution in [1.29, 1.82) is 0 Å². The van der Waals surface area contributed by atoms with Gasteiger partial charge in [-0.15, -0.1) is 24.0 Å². The molecule has 1 unspecified atom stereocenters. The minimum absolute atomic E-state index is 0. The number of rotatable bonds is 4. The minimum atomic E-state index is 0. The second-order valence-electron chi connectivity index (χ2n) is 5.99. The van der Waals surface area contributed by atoms with E-state index in [0.29, 0.717) is 6.04 Å². The van der Waals surface area contributed by atoms with E-state index in [0.717, 1.165) is 38.0 Å². The van der Waals surface area contributed by atoms with Crippen molar-refractivity contribution in [1.82, 2.24) is 15.6 Å². The molecule has 0 amide bonds. The lowest BCUT2D eigenvalue weighted by molar-refractivity contribution is 0.0529. The SMILES string of the molecule is CN=C(NCc1ccnc(N2CCOC(C)C2)c1)NC1CC1.I. The Morgan fingerprint density at radius 3 is 3.00 bits per heavy atom. The molecule has 6 nitrogen and oxygen atoms in total. The standard InChI is InChI=1S/C16H25N5O.HI/c1-12-11-21(7-8-22-12)15-9-13(5-6-18-15)10-19-16(17-2)20-14-3-4-14;/h5-6,9,12,14H,3-4,7-8,10-11H2,1-2H3,(H2,17,19,20);1H. The quantitative estimate of drug-likeness (QED) is 0.432. The maximum atomic E-state index is 5.59. The number of nitrogens with one attached hydrogen (secondary N) is 2. The van der Waals surface area contributed by atoms with E-state index >= 15 is 0 Å². The van der Waals surface area contributed by atoms with Gasteiger partial charge in [0.2, 0.25) is 0 Å². The Bertz CT molecular complexity index is 535. The number of morpholine rings is 1. The molecule has 0 spiro atoms. The van der Waals surface area contributed by atoms with Gasteiger partial charge >= 0.3 is 0 Å². The number of nitrogens with zero attached hydrogens (tertiary/aromatic N) is 3. The third-order valence-corrected chi connectivity index (χ3v) is 3.98. The van der Waals surface area contributed by atoms with Crippen molar-refractivity contribution in [3.63, 3.8) is 0 Å². The van der Waals surface area contributed by atoms with Crippen LogP contribution in [-0.2, 0) is 11.3 Å². The molecular formula is C16H26IN5O. The number of hydrogen-bond donors (Lipinski definition) is 2. The maximum absolute atomic E-state index is 5.59. The Kier molecular flexibility index (Phi) is 6.88. The van der Waals surface area contributed by atoms with Gasteiger partial charge < -0.3 is 20.3 Å². The van der Waals surface area contributed by atoms with Crippen LogP contribution in [0.5, 0.6) is 0 Å². The van der Waals surface area contributed by atoms with Crippen LogP contribution in [0.4, 0.5) is 5.82 Å². The first-order chi connectivity index (χ1) is 10.7. The second-order valence-corrected chi connectivity index (χ2v) is 5.99. The Labute approximate surface area is 155 Å². The van der Waals surface area contributed by atoms with Crippen molar-refractivity contribution in [2.45, 2.75) is 38.5 Å². The minimum Gasteiger partial charge on any atom is -0.375 e. The first-order valence-corrected chi connectivity index (χ1v) is 8.03. The number of aromatic nitrogens is 1. The summed E-state index contributed by atoms with van der Waals surface area (Å²) in [6.45, 7) is 5.42. The number of halogens is 1. The topological polar surface area (TPSA) is 61.8 Å². The molecule has 2 fully saturated rings. The average molecular weight is 431 g/mol. The van der Waals surface area contributed by atoms with Crippen molar-refractivity contribution in [3.05, 3.63) is 23.9 Å². The summed E-state index contributed by atoms with van der Waals surface area (Å²) in [6, 6.07) is 4.80. The van der Waals surface area contributed by atoms with E-state index in [2.05, 4.69) is 38.5 Å². The van der Waals surface area contributed by atoms with Crippen LogP contribution in [0.15, 0.2) is 23.3 Å². The fourth-order valence-corrected chi connectivity index (χ4v) is 2.57. The van der Waals surface area contributed by atoms with Crippen molar-refractivity contribution in [2.75, 3.05) is 31.6 Å². The van der Waals surface area contributed by atoms with Crippen molar-refractivity contribution in [2.24, 2.45) is 4.99 Å². The monoisotopic (exact) mass is 431 g/mol. The highest BCUT2D eigenvalue weighted by atomic mass is 127. The molecule has 3 rings (SSSR count). The van der Waals surface area contributed by atoms with Crippen LogP contribution in [-0.4, -0.2) is 49.8 Å². The van der Waals surface area contributed by atoms with Gasteiger partial charge in [-0.1, -0.05) is 0 Å². The van der Waals surface area contributed by atoms with Crippen molar-refractivity contribution in [3.8, 4) is 0 Å². The second kappa shape index (κ2) is 8.68. The molecule has 1 saturated heterocycles. The summed E-state index contributed by atoms with van der Waals surface area (Å²) >= 11 is 0. The third-order valence-electron chi connectivity index (χ3n) is 3.98. The zero-order chi connectivity index (χ0) is 15.4. The molecule has 0 radical (unpaired) electrons. The van der Waals surface area contributed by atoms with Crippen LogP contribution < -0.4 is 15.5 Å². The summed E-state index contributed by atoms with van der Waals surface area (Å²) in [6.07, 6.45) is 4.63. The van der Waals surface area contributed by atoms with Crippen LogP contribution >= 0.6 is 24.0 Å². The van der Waals surface area contributed by atoms with Crippen LogP contribution in [0, 0.1) is 0 Å². The summed E-state index contributed by atoms with van der Waals surface area (Å²) in [5, 5.41) is 6.75. The molecule has 7 heteroatoms. The molecule has 2 aliphatic rings. The molecule has 0 bridgehead atoms. The smallest absolute Gasteiger partial charge is 0.191 e. The van der Waals surface area contributed by atoms with Gasteiger partial charge in [0.1, 0.15) is 5.82 Å². The summed E-state index contributed by atoms with van der Waals surface area (Å²) in [4.78, 5) is 11.0. The van der Waals surface area contributed by atoms with E-state index in [4.69, 9.17) is 4.74 Å². The number of anilines is 1. The average Bonchev–Trinajstić information content (AvgIpc) is 3.36. The van der Waals surface area contributed by atoms with Crippen LogP contribution in [0.2, 0.25) is 0 Å². The predicted octanol–water partition coefficient (Wildman–Crippen LogP) is 1.75. The predicted molar refractivity (Wildman–Crippen MR) is 104 cm³/mol. The number of hydrogen-bond acceptors (Lipinski definition) is 4. The number of pyridine rings is 1. The molecular weight excluding hydrogens is 405 g/mol. The third kappa shape index (κ3) is 5.49. The summed E-state index contributed by atoms with van der Waals surface area (Å²) < 4.78 is 5.59. The van der Waals surface area contributed by atoms with Crippen LogP contribution in [0.3, 0.4) is 0 Å². The van der Waals surface area contributed by atoms with E-state index in [1.807, 2.05) is 19.3 Å². The highest BCUT2D eigenvalue weighted by Crippen LogP contribution is 2.18. The highest BCUT2D eigenvalue weighted by molar-refractivity contribution is 14.0. The Morgan fingerprint density at radius 1 is 1.48 bits per heavy atom. The first-order valence-electron chi connectivity index (χ1n) is 8.03. The molecule has 128 valence electrons. The fraction of sp³-hybridized carbons (Fsp3) is 0.625. The lowest BCUT2D eigenvalue weighted by Crippen LogP contribution is -2.41. The van der Waals surface area contributed by atoms with Gasteiger partial charge in [0.15, 0.2) is 5.96 Å². The summed E-state index contributed by atoms with van der Waals surface area (Å²) in [5.41, 5.74) is 1.21. The van der Waals surface area contributed by atoms with Gasteiger partial charge in [-0.25, -0.2) is 4.98 Å². The Balaban J connectivity index is 0.00000192. The fourth-order valence-electron chi connectivity index (χ4n) is 2.57. The van der Waals surface area contributed by atoms with Crippen molar-refractivity contribution < 1.29 is 4.74 Å². The molecule has 1 atom stereocenters. The van der Waals surface area contributed by atoms with Gasteiger partial charge in [0, 0.05) is 38.9 Å². The van der Waals surface area contributed by atoms with Gasteiger partial charge in [-0.3, -0.25) is 4.99 Å². The molecule has 1 aliphatic heterocycles. The largest absolute Gasteiger partial charge is 0.375 e. The molecule has 23 heavy (non-hydrogen) atoms. The summed E-state index contributed by atoms with van der Waals surface area (Å²) in [7, 11) is 1.81. The van der Waals surface area contributed by atoms with Crippen LogP contribution in [0.25, 0.3) is 0 Å². The van der Waals surface area contributed by atoms with Gasteiger partial charge in [0.05, 0.1) is 12.7 Å². The highest BCUT2D eigenvalue weighted by Gasteiger charge is 2.22. The van der Waals surface area contributed by atoms with Gasteiger partial charge in [-0.05, 0) is 37.5 Å². The lowest BCUT2D eigenvalue weighted by Gasteiger charge is -2.32. The van der Waals surface area contributed by atoms with E-state index in [-0.39, 0.29) is 30.1 Å². The van der Waals surface area contributed by atoms with E-state index < -0.39 is 0 Å². The summed E-state index contributed by atoms with van der Waals surface area (Å²) in [5.74, 6) is 1.90. The molecule has 2 N–H and O–H groups in total. The Morgan fingerprint density at radius 2 is 2.30 bits per heavy atom. The zero-order valence-corrected chi connectivity index (χ0v) is 16.1. The molecule has 2 heterocycles. The first kappa shape index (κ1) is 18.3. The number of ether oxygens (including phenoxy) is 1. The normalized spacial score (nSPS) is 21.6. The van der Waals surface area contributed by atoms with Crippen LogP contribution in [0.1, 0.15) is 25.3 Å². The molecule has 0 aromatic carbocycles. The van der Waals surface area contributed by atoms with E-state index in [1.165, 1.54) is 18.4 Å². The lowest BCUT2D eigenvalue weighted by atomic mass is 10.2. The molecule has 1 saturated carbocycles. The van der Waals surface area contributed by atoms with E-state index in [9.17, 15) is 0 Å². The number of aliphatic imine (C=N–C) groups is 1. The molecule has 1 aromatic rings. The van der Waals surface area contributed by atoms with Gasteiger partial charge in [0.25, 0.3) is 0 Å². The Hall–Kier alpha value is -1.09. The molecule has 1 aromatic heterocycles. The molecule has 1 aliphatic carbocycles.